The van der Waals surface area contributed by atoms with E-state index in [2.05, 4.69) is 0 Å². The SMILES string of the molecule is O=C(O)CN(CC(=O)O)S(=O)(=O)c1c(Cl)cccc1Cl. The third-order valence-electron chi connectivity index (χ3n) is 2.14. The summed E-state index contributed by atoms with van der Waals surface area (Å²) in [5, 5.41) is 16.9. The molecule has 0 atom stereocenters. The highest BCUT2D eigenvalue weighted by molar-refractivity contribution is 7.89. The Hall–Kier alpha value is -1.35. The van der Waals surface area contributed by atoms with Gasteiger partial charge in [0.1, 0.15) is 18.0 Å². The number of nitrogens with zero attached hydrogens (tertiary/aromatic N) is 1. The van der Waals surface area contributed by atoms with Crippen LogP contribution in [0.15, 0.2) is 23.1 Å². The summed E-state index contributed by atoms with van der Waals surface area (Å²) in [6.07, 6.45) is 0. The van der Waals surface area contributed by atoms with Crippen LogP contribution in [0.2, 0.25) is 10.0 Å². The van der Waals surface area contributed by atoms with Gasteiger partial charge in [0.05, 0.1) is 10.0 Å². The summed E-state index contributed by atoms with van der Waals surface area (Å²) in [6.45, 7) is -2.04. The second-order valence-corrected chi connectivity index (χ2v) is 6.30. The Morgan fingerprint density at radius 2 is 1.45 bits per heavy atom. The topological polar surface area (TPSA) is 112 Å². The number of benzene rings is 1. The Bertz CT molecular complexity index is 609. The highest BCUT2D eigenvalue weighted by Gasteiger charge is 2.32. The van der Waals surface area contributed by atoms with Crippen LogP contribution in [0.4, 0.5) is 0 Å². The number of carbonyl (C=O) groups is 2. The Morgan fingerprint density at radius 3 is 1.80 bits per heavy atom. The smallest absolute Gasteiger partial charge is 0.318 e. The third-order valence-corrected chi connectivity index (χ3v) is 4.89. The van der Waals surface area contributed by atoms with Crippen LogP contribution in [0, 0.1) is 0 Å². The zero-order valence-electron chi connectivity index (χ0n) is 9.79. The molecule has 0 unspecified atom stereocenters. The first-order chi connectivity index (χ1) is 9.16. The van der Waals surface area contributed by atoms with E-state index in [9.17, 15) is 18.0 Å². The summed E-state index contributed by atoms with van der Waals surface area (Å²) in [4.78, 5) is 20.8. The molecule has 0 aliphatic heterocycles. The number of hydrogen-bond acceptors (Lipinski definition) is 4. The molecule has 0 aromatic heterocycles. The van der Waals surface area contributed by atoms with Crippen molar-refractivity contribution in [3.05, 3.63) is 28.2 Å². The molecule has 0 heterocycles. The molecule has 7 nitrogen and oxygen atoms in total. The highest BCUT2D eigenvalue weighted by Crippen LogP contribution is 2.31. The number of carboxylic acids is 2. The number of halogens is 2. The van der Waals surface area contributed by atoms with Crippen molar-refractivity contribution in [1.29, 1.82) is 0 Å². The number of sulfonamides is 1. The van der Waals surface area contributed by atoms with E-state index in [0.717, 1.165) is 0 Å². The maximum atomic E-state index is 12.3. The van der Waals surface area contributed by atoms with Crippen LogP contribution in [0.3, 0.4) is 0 Å². The van der Waals surface area contributed by atoms with E-state index < -0.39 is 39.9 Å². The molecule has 10 heteroatoms. The predicted octanol–water partition coefficient (Wildman–Crippen LogP) is 1.15. The van der Waals surface area contributed by atoms with Crippen molar-refractivity contribution < 1.29 is 28.2 Å². The van der Waals surface area contributed by atoms with Crippen molar-refractivity contribution in [2.45, 2.75) is 4.90 Å². The molecule has 1 aromatic rings. The van der Waals surface area contributed by atoms with Crippen molar-refractivity contribution in [2.24, 2.45) is 0 Å². The molecule has 0 amide bonds. The van der Waals surface area contributed by atoms with Crippen LogP contribution >= 0.6 is 23.2 Å². The number of rotatable bonds is 6. The van der Waals surface area contributed by atoms with Gasteiger partial charge in [-0.2, -0.15) is 4.31 Å². The van der Waals surface area contributed by atoms with Crippen LogP contribution in [-0.2, 0) is 19.6 Å². The maximum absolute atomic E-state index is 12.3. The first-order valence-corrected chi connectivity index (χ1v) is 7.23. The molecule has 110 valence electrons. The molecule has 2 N–H and O–H groups in total. The van der Waals surface area contributed by atoms with Gasteiger partial charge in [0.15, 0.2) is 0 Å². The normalized spacial score (nSPS) is 11.6. The average Bonchev–Trinajstić information content (AvgIpc) is 2.26. The molecule has 0 fully saturated rings. The van der Waals surface area contributed by atoms with Crippen molar-refractivity contribution in [3.8, 4) is 0 Å². The van der Waals surface area contributed by atoms with E-state index in [1.165, 1.54) is 18.2 Å². The van der Waals surface area contributed by atoms with Gasteiger partial charge in [0, 0.05) is 0 Å². The molecule has 20 heavy (non-hydrogen) atoms. The van der Waals surface area contributed by atoms with E-state index in [-0.39, 0.29) is 14.4 Å². The lowest BCUT2D eigenvalue weighted by Crippen LogP contribution is -2.39. The zero-order chi connectivity index (χ0) is 15.5. The second-order valence-electron chi connectivity index (χ2n) is 3.61. The van der Waals surface area contributed by atoms with Crippen molar-refractivity contribution >= 4 is 45.2 Å². The third kappa shape index (κ3) is 3.83. The monoisotopic (exact) mass is 341 g/mol. The van der Waals surface area contributed by atoms with E-state index in [4.69, 9.17) is 33.4 Å². The summed E-state index contributed by atoms with van der Waals surface area (Å²) in [5.41, 5.74) is 0. The van der Waals surface area contributed by atoms with Gasteiger partial charge >= 0.3 is 11.9 Å². The van der Waals surface area contributed by atoms with Gasteiger partial charge < -0.3 is 10.2 Å². The molecule has 0 aliphatic carbocycles. The van der Waals surface area contributed by atoms with Gasteiger partial charge in [-0.1, -0.05) is 29.3 Å². The minimum absolute atomic E-state index is 0.224. The van der Waals surface area contributed by atoms with Crippen LogP contribution in [0.25, 0.3) is 0 Å². The first-order valence-electron chi connectivity index (χ1n) is 5.04. The molecule has 0 bridgehead atoms. The average molecular weight is 342 g/mol. The second kappa shape index (κ2) is 6.40. The van der Waals surface area contributed by atoms with Crippen LogP contribution in [-0.4, -0.2) is 48.0 Å². The summed E-state index contributed by atoms with van der Waals surface area (Å²) < 4.78 is 24.8. The molecule has 1 aromatic carbocycles. The Balaban J connectivity index is 3.36. The minimum Gasteiger partial charge on any atom is -0.480 e. The van der Waals surface area contributed by atoms with Gasteiger partial charge in [-0.25, -0.2) is 8.42 Å². The van der Waals surface area contributed by atoms with Crippen molar-refractivity contribution in [1.82, 2.24) is 4.31 Å². The molecule has 0 saturated heterocycles. The first kappa shape index (κ1) is 16.7. The fourth-order valence-electron chi connectivity index (χ4n) is 1.39. The zero-order valence-corrected chi connectivity index (χ0v) is 12.1. The van der Waals surface area contributed by atoms with Crippen LogP contribution < -0.4 is 0 Å². The van der Waals surface area contributed by atoms with Gasteiger partial charge in [0.25, 0.3) is 0 Å². The van der Waals surface area contributed by atoms with Crippen molar-refractivity contribution in [2.75, 3.05) is 13.1 Å². The van der Waals surface area contributed by atoms with E-state index in [1.807, 2.05) is 0 Å². The van der Waals surface area contributed by atoms with E-state index in [1.54, 1.807) is 0 Å². The maximum Gasteiger partial charge on any atom is 0.318 e. The number of hydrogen-bond donors (Lipinski definition) is 2. The lowest BCUT2D eigenvalue weighted by molar-refractivity contribution is -0.139. The van der Waals surface area contributed by atoms with Crippen LogP contribution in [0.1, 0.15) is 0 Å². The Morgan fingerprint density at radius 1 is 1.05 bits per heavy atom. The van der Waals surface area contributed by atoms with E-state index in [0.29, 0.717) is 0 Å². The summed E-state index contributed by atoms with van der Waals surface area (Å²) in [6, 6.07) is 3.91. The highest BCUT2D eigenvalue weighted by atomic mass is 35.5. The number of aliphatic carboxylic acids is 2. The largest absolute Gasteiger partial charge is 0.480 e. The molecule has 0 aliphatic rings. The molecule has 0 radical (unpaired) electrons. The lowest BCUT2D eigenvalue weighted by atomic mass is 10.4. The molecule has 1 rings (SSSR count). The Labute approximate surface area is 124 Å². The predicted molar refractivity (Wildman–Crippen MR) is 70.5 cm³/mol. The molecule has 0 saturated carbocycles. The Kier molecular flexibility index (Phi) is 5.35. The molecular weight excluding hydrogens is 333 g/mol. The molecule has 0 spiro atoms. The van der Waals surface area contributed by atoms with Gasteiger partial charge in [0.2, 0.25) is 10.0 Å². The lowest BCUT2D eigenvalue weighted by Gasteiger charge is -2.19. The standard InChI is InChI=1S/C10H9Cl2NO6S/c11-6-2-1-3-7(12)10(6)20(18,19)13(4-8(14)15)5-9(16)17/h1-3H,4-5H2,(H,14,15)(H,16,17). The molecular formula is C10H9Cl2NO6S. The summed E-state index contributed by atoms with van der Waals surface area (Å²) in [5.74, 6) is -3.00. The van der Waals surface area contributed by atoms with Crippen molar-refractivity contribution in [3.63, 3.8) is 0 Å². The van der Waals surface area contributed by atoms with E-state index >= 15 is 0 Å². The van der Waals surface area contributed by atoms with Gasteiger partial charge in [-0.15, -0.1) is 0 Å². The van der Waals surface area contributed by atoms with Gasteiger partial charge in [-0.05, 0) is 12.1 Å². The summed E-state index contributed by atoms with van der Waals surface area (Å²) >= 11 is 11.5. The number of carboxylic acid groups (broad SMARTS) is 2. The fraction of sp³-hybridized carbons (Fsp3) is 0.200. The van der Waals surface area contributed by atoms with Crippen LogP contribution in [0.5, 0.6) is 0 Å². The summed E-state index contributed by atoms with van der Waals surface area (Å²) in [7, 11) is -4.44. The fourth-order valence-corrected chi connectivity index (χ4v) is 3.82. The minimum atomic E-state index is -4.44. The van der Waals surface area contributed by atoms with Gasteiger partial charge in [-0.3, -0.25) is 9.59 Å². The quantitative estimate of drug-likeness (QED) is 0.802.